The van der Waals surface area contributed by atoms with E-state index in [0.29, 0.717) is 38.1 Å². The molecule has 0 unspecified atom stereocenters. The van der Waals surface area contributed by atoms with Crippen LogP contribution in [0.25, 0.3) is 10.9 Å². The third kappa shape index (κ3) is 5.14. The summed E-state index contributed by atoms with van der Waals surface area (Å²) < 4.78 is 6.36. The quantitative estimate of drug-likeness (QED) is 0.341. The number of rotatable bonds is 5. The fourth-order valence-corrected chi connectivity index (χ4v) is 3.62. The predicted octanol–water partition coefficient (Wildman–Crippen LogP) is 4.92. The zero-order chi connectivity index (χ0) is 24.2. The van der Waals surface area contributed by atoms with Gasteiger partial charge in [-0.05, 0) is 66.7 Å². The van der Waals surface area contributed by atoms with E-state index in [1.54, 1.807) is 73.8 Å². The van der Waals surface area contributed by atoms with E-state index in [1.165, 1.54) is 10.7 Å². The number of hydrogen-bond donors (Lipinski definition) is 3. The summed E-state index contributed by atoms with van der Waals surface area (Å²) in [5, 5.41) is 6.69. The maximum Gasteiger partial charge on any atom is 0.328 e. The van der Waals surface area contributed by atoms with E-state index in [4.69, 9.17) is 27.9 Å². The average Bonchev–Trinajstić information content (AvgIpc) is 3.17. The lowest BCUT2D eigenvalue weighted by Crippen LogP contribution is -2.36. The van der Waals surface area contributed by atoms with Gasteiger partial charge in [0.1, 0.15) is 11.4 Å². The van der Waals surface area contributed by atoms with Crippen molar-refractivity contribution in [2.45, 2.75) is 0 Å². The zero-order valence-corrected chi connectivity index (χ0v) is 19.3. The lowest BCUT2D eigenvalue weighted by atomic mass is 10.2. The van der Waals surface area contributed by atoms with Gasteiger partial charge in [0.05, 0.1) is 12.6 Å². The van der Waals surface area contributed by atoms with Crippen LogP contribution < -0.4 is 20.8 Å². The van der Waals surface area contributed by atoms with Crippen molar-refractivity contribution < 1.29 is 19.1 Å². The molecule has 1 heterocycles. The number of amides is 3. The second-order valence-corrected chi connectivity index (χ2v) is 8.03. The van der Waals surface area contributed by atoms with E-state index >= 15 is 0 Å². The lowest BCUT2D eigenvalue weighted by molar-refractivity contribution is -0.133. The molecule has 10 heteroatoms. The van der Waals surface area contributed by atoms with Crippen LogP contribution in [-0.4, -0.2) is 29.5 Å². The van der Waals surface area contributed by atoms with Crippen molar-refractivity contribution in [1.29, 1.82) is 0 Å². The molecule has 1 aromatic heterocycles. The highest BCUT2D eigenvalue weighted by Gasteiger charge is 2.21. The molecule has 34 heavy (non-hydrogen) atoms. The van der Waals surface area contributed by atoms with Gasteiger partial charge in [-0.1, -0.05) is 29.3 Å². The SMILES string of the molecule is COc1ccc(NC(=O)c2cc3cc(Cl)ccc3n2NC(=O)C(=O)Nc2cccc(Cl)c2)cc1. The summed E-state index contributed by atoms with van der Waals surface area (Å²) in [6.07, 6.45) is 0. The number of carbonyl (C=O) groups is 3. The zero-order valence-electron chi connectivity index (χ0n) is 17.8. The predicted molar refractivity (Wildman–Crippen MR) is 132 cm³/mol. The third-order valence-electron chi connectivity index (χ3n) is 4.85. The topological polar surface area (TPSA) is 101 Å². The second kappa shape index (κ2) is 9.86. The van der Waals surface area contributed by atoms with Crippen LogP contribution in [0.3, 0.4) is 0 Å². The second-order valence-electron chi connectivity index (χ2n) is 7.16. The molecule has 0 saturated heterocycles. The Kier molecular flexibility index (Phi) is 6.72. The first-order valence-corrected chi connectivity index (χ1v) is 10.7. The van der Waals surface area contributed by atoms with Gasteiger partial charge in [0.15, 0.2) is 0 Å². The number of halogens is 2. The van der Waals surface area contributed by atoms with E-state index in [9.17, 15) is 14.4 Å². The average molecular weight is 497 g/mol. The van der Waals surface area contributed by atoms with E-state index in [-0.39, 0.29) is 5.69 Å². The van der Waals surface area contributed by atoms with Gasteiger partial charge in [0.25, 0.3) is 5.91 Å². The summed E-state index contributed by atoms with van der Waals surface area (Å²) in [5.74, 6) is -1.78. The van der Waals surface area contributed by atoms with Crippen LogP contribution in [0.15, 0.2) is 72.8 Å². The van der Waals surface area contributed by atoms with Gasteiger partial charge in [-0.3, -0.25) is 19.8 Å². The van der Waals surface area contributed by atoms with Crippen LogP contribution in [0.5, 0.6) is 5.75 Å². The monoisotopic (exact) mass is 496 g/mol. The maximum absolute atomic E-state index is 13.1. The number of anilines is 2. The molecule has 3 amide bonds. The van der Waals surface area contributed by atoms with Crippen LogP contribution >= 0.6 is 23.2 Å². The van der Waals surface area contributed by atoms with Crippen molar-refractivity contribution in [1.82, 2.24) is 4.68 Å². The first-order chi connectivity index (χ1) is 16.3. The molecule has 0 bridgehead atoms. The van der Waals surface area contributed by atoms with Crippen molar-refractivity contribution in [3.63, 3.8) is 0 Å². The fraction of sp³-hybridized carbons (Fsp3) is 0.0417. The van der Waals surface area contributed by atoms with Crippen molar-refractivity contribution in [2.24, 2.45) is 0 Å². The summed E-state index contributed by atoms with van der Waals surface area (Å²) >= 11 is 12.0. The highest BCUT2D eigenvalue weighted by atomic mass is 35.5. The Morgan fingerprint density at radius 3 is 2.24 bits per heavy atom. The summed E-state index contributed by atoms with van der Waals surface area (Å²) in [5.41, 5.74) is 3.93. The largest absolute Gasteiger partial charge is 0.497 e. The first-order valence-electron chi connectivity index (χ1n) is 9.98. The molecule has 0 radical (unpaired) electrons. The summed E-state index contributed by atoms with van der Waals surface area (Å²) in [4.78, 5) is 38.2. The molecule has 0 spiro atoms. The smallest absolute Gasteiger partial charge is 0.328 e. The highest BCUT2D eigenvalue weighted by Crippen LogP contribution is 2.24. The molecule has 0 fully saturated rings. The van der Waals surface area contributed by atoms with Crippen LogP contribution in [0.2, 0.25) is 10.0 Å². The number of hydrogen-bond acceptors (Lipinski definition) is 4. The normalized spacial score (nSPS) is 10.6. The van der Waals surface area contributed by atoms with Gasteiger partial charge in [0.2, 0.25) is 0 Å². The minimum atomic E-state index is -0.981. The van der Waals surface area contributed by atoms with Crippen LogP contribution in [-0.2, 0) is 9.59 Å². The molecule has 172 valence electrons. The van der Waals surface area contributed by atoms with E-state index in [1.807, 2.05) is 0 Å². The molecule has 3 N–H and O–H groups in total. The molecule has 4 rings (SSSR count). The molecule has 8 nitrogen and oxygen atoms in total. The molecule has 4 aromatic rings. The fourth-order valence-electron chi connectivity index (χ4n) is 3.25. The van der Waals surface area contributed by atoms with Gasteiger partial charge >= 0.3 is 11.8 Å². The minimum absolute atomic E-state index is 0.0944. The standard InChI is InChI=1S/C24H18Cl2N4O4/c1-34-19-8-6-17(7-9-19)27-22(31)21-12-14-11-16(26)5-10-20(14)30(21)29-24(33)23(32)28-18-4-2-3-15(25)13-18/h2-13H,1H3,(H,27,31)(H,28,32)(H,29,33). The number of carbonyl (C=O) groups excluding carboxylic acids is 3. The number of ether oxygens (including phenoxy) is 1. The Morgan fingerprint density at radius 2 is 1.53 bits per heavy atom. The first kappa shape index (κ1) is 23.2. The van der Waals surface area contributed by atoms with Crippen molar-refractivity contribution in [2.75, 3.05) is 23.2 Å². The lowest BCUT2D eigenvalue weighted by Gasteiger charge is -2.13. The molecular formula is C24H18Cl2N4O4. The van der Waals surface area contributed by atoms with Gasteiger partial charge in [-0.25, -0.2) is 4.68 Å². The van der Waals surface area contributed by atoms with Gasteiger partial charge in [-0.15, -0.1) is 0 Å². The number of nitrogens with zero attached hydrogens (tertiary/aromatic N) is 1. The van der Waals surface area contributed by atoms with E-state index < -0.39 is 17.7 Å². The Balaban J connectivity index is 1.61. The van der Waals surface area contributed by atoms with Crippen molar-refractivity contribution >= 4 is 63.2 Å². The number of nitrogens with one attached hydrogen (secondary N) is 3. The summed E-state index contributed by atoms with van der Waals surface area (Å²) in [7, 11) is 1.54. The Morgan fingerprint density at radius 1 is 0.794 bits per heavy atom. The van der Waals surface area contributed by atoms with E-state index in [0.717, 1.165) is 0 Å². The molecule has 3 aromatic carbocycles. The minimum Gasteiger partial charge on any atom is -0.497 e. The van der Waals surface area contributed by atoms with Gasteiger partial charge < -0.3 is 15.4 Å². The molecule has 0 saturated carbocycles. The van der Waals surface area contributed by atoms with Gasteiger partial charge in [0, 0.05) is 26.8 Å². The molecular weight excluding hydrogens is 479 g/mol. The molecule has 0 aliphatic heterocycles. The molecule has 0 atom stereocenters. The number of fused-ring (bicyclic) bond motifs is 1. The summed E-state index contributed by atoms with van der Waals surface area (Å²) in [6, 6.07) is 19.6. The summed E-state index contributed by atoms with van der Waals surface area (Å²) in [6.45, 7) is 0. The Hall–Kier alpha value is -4.01. The number of benzene rings is 3. The molecule has 0 aliphatic carbocycles. The third-order valence-corrected chi connectivity index (χ3v) is 5.32. The molecule has 0 aliphatic rings. The maximum atomic E-state index is 13.1. The van der Waals surface area contributed by atoms with Crippen LogP contribution in [0.1, 0.15) is 10.5 Å². The van der Waals surface area contributed by atoms with Crippen molar-refractivity contribution in [3.05, 3.63) is 88.5 Å². The Labute approximate surface area is 204 Å². The van der Waals surface area contributed by atoms with E-state index in [2.05, 4.69) is 16.1 Å². The van der Waals surface area contributed by atoms with Crippen molar-refractivity contribution in [3.8, 4) is 5.75 Å². The van der Waals surface area contributed by atoms with Gasteiger partial charge in [-0.2, -0.15) is 0 Å². The van der Waals surface area contributed by atoms with Crippen LogP contribution in [0.4, 0.5) is 11.4 Å². The Bertz CT molecular complexity index is 1400. The highest BCUT2D eigenvalue weighted by molar-refractivity contribution is 6.42. The number of aromatic nitrogens is 1. The number of methoxy groups -OCH3 is 1. The van der Waals surface area contributed by atoms with Crippen LogP contribution in [0, 0.1) is 0 Å².